The van der Waals surface area contributed by atoms with Crippen molar-refractivity contribution in [3.8, 4) is 0 Å². The van der Waals surface area contributed by atoms with E-state index in [1.165, 1.54) is 27.9 Å². The molecule has 1 saturated heterocycles. The van der Waals surface area contributed by atoms with Gasteiger partial charge in [0, 0.05) is 31.5 Å². The van der Waals surface area contributed by atoms with E-state index < -0.39 is 0 Å². The molecule has 0 radical (unpaired) electrons. The number of fused-ring (bicyclic) bond motifs is 1. The third-order valence-electron chi connectivity index (χ3n) is 5.39. The van der Waals surface area contributed by atoms with Gasteiger partial charge in [0.05, 0.1) is 25.7 Å². The molecule has 9 nitrogen and oxygen atoms in total. The van der Waals surface area contributed by atoms with Gasteiger partial charge in [0.1, 0.15) is 12.1 Å². The van der Waals surface area contributed by atoms with Gasteiger partial charge in [-0.2, -0.15) is 10.1 Å². The number of ether oxygens (including phenoxy) is 1. The van der Waals surface area contributed by atoms with Crippen molar-refractivity contribution in [2.45, 2.75) is 39.0 Å². The summed E-state index contributed by atoms with van der Waals surface area (Å²) in [5, 5.41) is 4.04. The fourth-order valence-corrected chi connectivity index (χ4v) is 3.67. The van der Waals surface area contributed by atoms with E-state index in [2.05, 4.69) is 15.1 Å². The minimum absolute atomic E-state index is 0.00752. The van der Waals surface area contributed by atoms with Crippen LogP contribution in [0.1, 0.15) is 25.0 Å². The van der Waals surface area contributed by atoms with Crippen molar-refractivity contribution in [1.82, 2.24) is 29.4 Å². The first-order valence-electron chi connectivity index (χ1n) is 10.5. The second-order valence-corrected chi connectivity index (χ2v) is 8.12. The largest absolute Gasteiger partial charge is 0.370 e. The molecule has 0 saturated carbocycles. The third kappa shape index (κ3) is 5.08. The Bertz CT molecular complexity index is 1100. The topological polar surface area (TPSA) is 92.9 Å². The number of halogens is 1. The molecular weight excluding hydrogens is 415 g/mol. The zero-order chi connectivity index (χ0) is 22.7. The van der Waals surface area contributed by atoms with Gasteiger partial charge in [0.15, 0.2) is 0 Å². The lowest BCUT2D eigenvalue weighted by atomic mass is 10.2. The summed E-state index contributed by atoms with van der Waals surface area (Å²) in [6.45, 7) is 4.80. The Hall–Kier alpha value is -3.40. The first-order chi connectivity index (χ1) is 15.4. The molecule has 168 valence electrons. The zero-order valence-electron chi connectivity index (χ0n) is 18.0. The minimum atomic E-state index is -0.367. The highest BCUT2D eigenvalue weighted by atomic mass is 19.1. The second-order valence-electron chi connectivity index (χ2n) is 8.12. The molecule has 1 aliphatic heterocycles. The number of nitrogens with zero attached hydrogens (tertiary/aromatic N) is 6. The Kier molecular flexibility index (Phi) is 6.40. The van der Waals surface area contributed by atoms with Gasteiger partial charge in [-0.05, 0) is 37.1 Å². The molecule has 3 aromatic rings. The van der Waals surface area contributed by atoms with Crippen molar-refractivity contribution in [2.24, 2.45) is 0 Å². The highest BCUT2D eigenvalue weighted by molar-refractivity contribution is 5.86. The number of carbonyl (C=O) groups excluding carboxylic acids is 2. The van der Waals surface area contributed by atoms with Crippen molar-refractivity contribution >= 4 is 17.6 Å². The molecule has 0 unspecified atom stereocenters. The molecule has 2 aromatic heterocycles. The van der Waals surface area contributed by atoms with E-state index >= 15 is 0 Å². The van der Waals surface area contributed by atoms with Gasteiger partial charge in [-0.15, -0.1) is 0 Å². The molecule has 1 aromatic carbocycles. The molecule has 1 fully saturated rings. The number of benzene rings is 1. The number of hydrogen-bond acceptors (Lipinski definition) is 6. The van der Waals surface area contributed by atoms with Crippen LogP contribution in [0.25, 0.3) is 5.78 Å². The number of hydrogen-bond donors (Lipinski definition) is 0. The van der Waals surface area contributed by atoms with Crippen molar-refractivity contribution in [3.05, 3.63) is 59.9 Å². The smallest absolute Gasteiger partial charge is 0.252 e. The normalized spacial score (nSPS) is 17.2. The molecule has 32 heavy (non-hydrogen) atoms. The number of rotatable bonds is 6. The Labute approximate surface area is 184 Å². The maximum Gasteiger partial charge on any atom is 0.252 e. The Morgan fingerprint density at radius 1 is 1.19 bits per heavy atom. The monoisotopic (exact) mass is 440 g/mol. The lowest BCUT2D eigenvalue weighted by Gasteiger charge is -2.27. The Morgan fingerprint density at radius 3 is 2.72 bits per heavy atom. The standard InChI is InChI=1S/C22H25FN6O3/c1-15(2)28-11-19(32-13-16-3-5-18(23)6-4-16)10-27(12-21(28)31)20(30)7-17-8-24-22-25-14-26-29(22)9-17/h3-6,8-9,14-15,19H,7,10-13H2,1-2H3/t19-/m1/s1. The van der Waals surface area contributed by atoms with Crippen LogP contribution in [0.5, 0.6) is 0 Å². The van der Waals surface area contributed by atoms with Crippen LogP contribution in [0.2, 0.25) is 0 Å². The fourth-order valence-electron chi connectivity index (χ4n) is 3.67. The van der Waals surface area contributed by atoms with E-state index in [4.69, 9.17) is 4.74 Å². The summed E-state index contributed by atoms with van der Waals surface area (Å²) >= 11 is 0. The van der Waals surface area contributed by atoms with E-state index in [0.29, 0.717) is 17.9 Å². The summed E-state index contributed by atoms with van der Waals surface area (Å²) in [6.07, 6.45) is 4.40. The summed E-state index contributed by atoms with van der Waals surface area (Å²) in [6, 6.07) is 6.06. The SMILES string of the molecule is CC(C)N1C[C@H](OCc2ccc(F)cc2)CN(C(=O)Cc2cnc3ncnn3c2)CC1=O. The predicted octanol–water partition coefficient (Wildman–Crippen LogP) is 1.47. The van der Waals surface area contributed by atoms with Crippen LogP contribution in [0.15, 0.2) is 43.0 Å². The summed E-state index contributed by atoms with van der Waals surface area (Å²) in [7, 11) is 0. The molecule has 4 rings (SSSR count). The summed E-state index contributed by atoms with van der Waals surface area (Å²) in [5.41, 5.74) is 1.50. The van der Waals surface area contributed by atoms with Gasteiger partial charge in [-0.1, -0.05) is 12.1 Å². The van der Waals surface area contributed by atoms with Crippen LogP contribution in [-0.4, -0.2) is 73.0 Å². The second kappa shape index (κ2) is 9.39. The quantitative estimate of drug-likeness (QED) is 0.576. The molecule has 0 bridgehead atoms. The molecule has 1 aliphatic rings. The number of amides is 2. The van der Waals surface area contributed by atoms with Gasteiger partial charge < -0.3 is 14.5 Å². The van der Waals surface area contributed by atoms with Crippen LogP contribution in [0.3, 0.4) is 0 Å². The van der Waals surface area contributed by atoms with Crippen LogP contribution in [-0.2, 0) is 27.4 Å². The molecule has 3 heterocycles. The highest BCUT2D eigenvalue weighted by Crippen LogP contribution is 2.15. The van der Waals surface area contributed by atoms with Gasteiger partial charge in [0.2, 0.25) is 11.8 Å². The van der Waals surface area contributed by atoms with E-state index in [0.717, 1.165) is 5.56 Å². The van der Waals surface area contributed by atoms with Crippen molar-refractivity contribution in [3.63, 3.8) is 0 Å². The van der Waals surface area contributed by atoms with Crippen LogP contribution in [0.4, 0.5) is 4.39 Å². The number of carbonyl (C=O) groups is 2. The van der Waals surface area contributed by atoms with Crippen molar-refractivity contribution in [2.75, 3.05) is 19.6 Å². The lowest BCUT2D eigenvalue weighted by molar-refractivity contribution is -0.139. The lowest BCUT2D eigenvalue weighted by Crippen LogP contribution is -2.42. The molecule has 0 aliphatic carbocycles. The first-order valence-corrected chi connectivity index (χ1v) is 10.5. The van der Waals surface area contributed by atoms with Crippen molar-refractivity contribution in [1.29, 1.82) is 0 Å². The van der Waals surface area contributed by atoms with E-state index in [-0.39, 0.29) is 55.9 Å². The average molecular weight is 440 g/mol. The Morgan fingerprint density at radius 2 is 1.97 bits per heavy atom. The molecule has 2 amide bonds. The molecular formula is C22H25FN6O3. The fraction of sp³-hybridized carbons (Fsp3) is 0.409. The summed E-state index contributed by atoms with van der Waals surface area (Å²) in [4.78, 5) is 37.3. The van der Waals surface area contributed by atoms with Crippen LogP contribution < -0.4 is 0 Å². The summed E-state index contributed by atoms with van der Waals surface area (Å²) in [5.74, 6) is -0.171. The maximum absolute atomic E-state index is 13.2. The van der Waals surface area contributed by atoms with E-state index in [1.54, 1.807) is 29.4 Å². The van der Waals surface area contributed by atoms with Gasteiger partial charge in [0.25, 0.3) is 5.78 Å². The van der Waals surface area contributed by atoms with Gasteiger partial charge >= 0.3 is 0 Å². The van der Waals surface area contributed by atoms with Crippen LogP contribution in [0, 0.1) is 5.82 Å². The zero-order valence-corrected chi connectivity index (χ0v) is 18.0. The third-order valence-corrected chi connectivity index (χ3v) is 5.39. The predicted molar refractivity (Wildman–Crippen MR) is 113 cm³/mol. The van der Waals surface area contributed by atoms with Gasteiger partial charge in [-0.25, -0.2) is 13.9 Å². The van der Waals surface area contributed by atoms with E-state index in [9.17, 15) is 14.0 Å². The highest BCUT2D eigenvalue weighted by Gasteiger charge is 2.32. The Balaban J connectivity index is 1.47. The average Bonchev–Trinajstić information content (AvgIpc) is 3.16. The molecule has 0 spiro atoms. The maximum atomic E-state index is 13.2. The van der Waals surface area contributed by atoms with E-state index in [1.807, 2.05) is 13.8 Å². The molecule has 10 heteroatoms. The minimum Gasteiger partial charge on any atom is -0.370 e. The summed E-state index contributed by atoms with van der Waals surface area (Å²) < 4.78 is 20.7. The van der Waals surface area contributed by atoms with Crippen molar-refractivity contribution < 1.29 is 18.7 Å². The van der Waals surface area contributed by atoms with Gasteiger partial charge in [-0.3, -0.25) is 9.59 Å². The number of aromatic nitrogens is 4. The van der Waals surface area contributed by atoms with Crippen LogP contribution >= 0.6 is 0 Å². The molecule has 1 atom stereocenters. The first kappa shape index (κ1) is 21.8. The molecule has 0 N–H and O–H groups in total.